The maximum absolute atomic E-state index is 13.8. The second-order valence-electron chi connectivity index (χ2n) is 4.80. The predicted molar refractivity (Wildman–Crippen MR) is 72.1 cm³/mol. The molecular weight excluding hydrogens is 299 g/mol. The minimum absolute atomic E-state index is 0.138. The summed E-state index contributed by atoms with van der Waals surface area (Å²) >= 11 is 3.19. The topological polar surface area (TPSA) is 32.3 Å². The van der Waals surface area contributed by atoms with Crippen LogP contribution in [0.1, 0.15) is 24.2 Å². The van der Waals surface area contributed by atoms with Crippen molar-refractivity contribution < 1.29 is 9.18 Å². The van der Waals surface area contributed by atoms with Gasteiger partial charge in [-0.3, -0.25) is 4.79 Å². The molecule has 0 saturated carbocycles. The Morgan fingerprint density at radius 2 is 2.00 bits per heavy atom. The number of amides is 1. The molecule has 1 aromatic rings. The highest BCUT2D eigenvalue weighted by molar-refractivity contribution is 9.10. The molecule has 3 nitrogen and oxygen atoms in total. The molecule has 1 N–H and O–H groups in total. The maximum atomic E-state index is 13.8. The fourth-order valence-corrected chi connectivity index (χ4v) is 2.66. The number of carbonyl (C=O) groups excluding carboxylic acids is 1. The number of nitrogens with zero attached hydrogens (tertiary/aromatic N) is 1. The lowest BCUT2D eigenvalue weighted by Gasteiger charge is -2.36. The number of rotatable bonds is 1. The van der Waals surface area contributed by atoms with E-state index in [-0.39, 0.29) is 23.6 Å². The van der Waals surface area contributed by atoms with E-state index in [1.54, 1.807) is 11.0 Å². The number of hydrogen-bond acceptors (Lipinski definition) is 2. The summed E-state index contributed by atoms with van der Waals surface area (Å²) < 4.78 is 14.4. The van der Waals surface area contributed by atoms with Gasteiger partial charge in [0, 0.05) is 29.6 Å². The van der Waals surface area contributed by atoms with Gasteiger partial charge in [0.25, 0.3) is 5.91 Å². The second-order valence-corrected chi connectivity index (χ2v) is 5.72. The lowest BCUT2D eigenvalue weighted by molar-refractivity contribution is 0.0669. The molecule has 0 spiro atoms. The molecule has 2 atom stereocenters. The molecule has 2 unspecified atom stereocenters. The summed E-state index contributed by atoms with van der Waals surface area (Å²) in [7, 11) is 0. The quantitative estimate of drug-likeness (QED) is 0.863. The molecular formula is C13H16BrFN2O. The molecule has 1 saturated heterocycles. The van der Waals surface area contributed by atoms with E-state index in [4.69, 9.17) is 0 Å². The van der Waals surface area contributed by atoms with Crippen LogP contribution in [0.5, 0.6) is 0 Å². The molecule has 1 heterocycles. The molecule has 98 valence electrons. The van der Waals surface area contributed by atoms with Gasteiger partial charge in [0.05, 0.1) is 5.56 Å². The molecule has 0 bridgehead atoms. The Balaban J connectivity index is 2.20. The summed E-state index contributed by atoms with van der Waals surface area (Å²) in [5.74, 6) is -0.714. The molecule has 0 aromatic heterocycles. The van der Waals surface area contributed by atoms with E-state index in [1.165, 1.54) is 12.1 Å². The van der Waals surface area contributed by atoms with Crippen LogP contribution in [0.3, 0.4) is 0 Å². The minimum atomic E-state index is -0.479. The molecule has 0 aliphatic carbocycles. The van der Waals surface area contributed by atoms with Crippen LogP contribution in [0.25, 0.3) is 0 Å². The second kappa shape index (κ2) is 5.36. The van der Waals surface area contributed by atoms with Crippen molar-refractivity contribution >= 4 is 21.8 Å². The zero-order chi connectivity index (χ0) is 13.3. The first kappa shape index (κ1) is 13.5. The fraction of sp³-hybridized carbons (Fsp3) is 0.462. The van der Waals surface area contributed by atoms with Gasteiger partial charge in [0.2, 0.25) is 0 Å². The van der Waals surface area contributed by atoms with Crippen molar-refractivity contribution in [1.82, 2.24) is 10.2 Å². The van der Waals surface area contributed by atoms with Gasteiger partial charge >= 0.3 is 0 Å². The number of benzene rings is 1. The third-order valence-electron chi connectivity index (χ3n) is 3.01. The number of piperazine rings is 1. The van der Waals surface area contributed by atoms with E-state index in [0.29, 0.717) is 17.6 Å². The minimum Gasteiger partial charge on any atom is -0.335 e. The van der Waals surface area contributed by atoms with E-state index in [9.17, 15) is 9.18 Å². The van der Waals surface area contributed by atoms with Gasteiger partial charge in [0.15, 0.2) is 0 Å². The highest BCUT2D eigenvalue weighted by Crippen LogP contribution is 2.18. The summed E-state index contributed by atoms with van der Waals surface area (Å²) in [6, 6.07) is 5.00. The summed E-state index contributed by atoms with van der Waals surface area (Å²) in [5.41, 5.74) is 0.138. The van der Waals surface area contributed by atoms with Gasteiger partial charge in [-0.2, -0.15) is 0 Å². The van der Waals surface area contributed by atoms with Crippen molar-refractivity contribution in [2.45, 2.75) is 25.9 Å². The van der Waals surface area contributed by atoms with Crippen LogP contribution < -0.4 is 5.32 Å². The Kier molecular flexibility index (Phi) is 4.02. The van der Waals surface area contributed by atoms with Gasteiger partial charge in [0.1, 0.15) is 5.82 Å². The standard InChI is InChI=1S/C13H16BrFN2O/c1-8-6-17(7-9(2)16-8)13(18)11-4-3-10(14)5-12(11)15/h3-5,8-9,16H,6-7H2,1-2H3. The van der Waals surface area contributed by atoms with Crippen LogP contribution >= 0.6 is 15.9 Å². The average molecular weight is 315 g/mol. The Morgan fingerprint density at radius 3 is 2.56 bits per heavy atom. The monoisotopic (exact) mass is 314 g/mol. The van der Waals surface area contributed by atoms with Crippen molar-refractivity contribution in [3.8, 4) is 0 Å². The number of carbonyl (C=O) groups is 1. The number of hydrogen-bond donors (Lipinski definition) is 1. The van der Waals surface area contributed by atoms with E-state index in [1.807, 2.05) is 13.8 Å². The highest BCUT2D eigenvalue weighted by Gasteiger charge is 2.26. The van der Waals surface area contributed by atoms with E-state index >= 15 is 0 Å². The van der Waals surface area contributed by atoms with Crippen molar-refractivity contribution in [3.05, 3.63) is 34.1 Å². The molecule has 0 radical (unpaired) electrons. The first-order chi connectivity index (χ1) is 8.47. The lowest BCUT2D eigenvalue weighted by atomic mass is 10.1. The molecule has 1 aromatic carbocycles. The molecule has 18 heavy (non-hydrogen) atoms. The molecule has 1 fully saturated rings. The van der Waals surface area contributed by atoms with E-state index in [2.05, 4.69) is 21.2 Å². The van der Waals surface area contributed by atoms with Crippen molar-refractivity contribution in [3.63, 3.8) is 0 Å². The van der Waals surface area contributed by atoms with E-state index < -0.39 is 5.82 Å². The largest absolute Gasteiger partial charge is 0.335 e. The summed E-state index contributed by atoms with van der Waals surface area (Å²) in [5, 5.41) is 3.34. The van der Waals surface area contributed by atoms with Gasteiger partial charge in [-0.15, -0.1) is 0 Å². The molecule has 1 aliphatic heterocycles. The molecule has 2 rings (SSSR count). The molecule has 1 amide bonds. The van der Waals surface area contributed by atoms with Crippen molar-refractivity contribution in [2.24, 2.45) is 0 Å². The third kappa shape index (κ3) is 2.90. The summed E-state index contributed by atoms with van der Waals surface area (Å²) in [4.78, 5) is 14.0. The fourth-order valence-electron chi connectivity index (χ4n) is 2.33. The lowest BCUT2D eigenvalue weighted by Crippen LogP contribution is -2.55. The van der Waals surface area contributed by atoms with Crippen LogP contribution in [-0.4, -0.2) is 36.0 Å². The SMILES string of the molecule is CC1CN(C(=O)c2ccc(Br)cc2F)CC(C)N1. The maximum Gasteiger partial charge on any atom is 0.256 e. The zero-order valence-corrected chi connectivity index (χ0v) is 12.0. The third-order valence-corrected chi connectivity index (χ3v) is 3.50. The number of nitrogens with one attached hydrogen (secondary N) is 1. The summed E-state index contributed by atoms with van der Waals surface area (Å²) in [6.45, 7) is 5.26. The van der Waals surface area contributed by atoms with Crippen molar-refractivity contribution in [2.75, 3.05) is 13.1 Å². The first-order valence-electron chi connectivity index (χ1n) is 5.97. The van der Waals surface area contributed by atoms with Crippen LogP contribution in [-0.2, 0) is 0 Å². The zero-order valence-electron chi connectivity index (χ0n) is 10.4. The molecule has 1 aliphatic rings. The normalized spacial score (nSPS) is 24.1. The van der Waals surface area contributed by atoms with E-state index in [0.717, 1.165) is 0 Å². The van der Waals surface area contributed by atoms with Gasteiger partial charge < -0.3 is 10.2 Å². The van der Waals surface area contributed by atoms with Crippen LogP contribution in [0.4, 0.5) is 4.39 Å². The average Bonchev–Trinajstić information content (AvgIpc) is 2.26. The van der Waals surface area contributed by atoms with Gasteiger partial charge in [-0.05, 0) is 32.0 Å². The first-order valence-corrected chi connectivity index (χ1v) is 6.77. The smallest absolute Gasteiger partial charge is 0.256 e. The van der Waals surface area contributed by atoms with Gasteiger partial charge in [-0.1, -0.05) is 15.9 Å². The van der Waals surface area contributed by atoms with Gasteiger partial charge in [-0.25, -0.2) is 4.39 Å². The highest BCUT2D eigenvalue weighted by atomic mass is 79.9. The molecule has 5 heteroatoms. The predicted octanol–water partition coefficient (Wildman–Crippen LogP) is 2.41. The van der Waals surface area contributed by atoms with Crippen LogP contribution in [0.2, 0.25) is 0 Å². The number of halogens is 2. The van der Waals surface area contributed by atoms with Crippen molar-refractivity contribution in [1.29, 1.82) is 0 Å². The summed E-state index contributed by atoms with van der Waals surface area (Å²) in [6.07, 6.45) is 0. The Hall–Kier alpha value is -0.940. The Morgan fingerprint density at radius 1 is 1.39 bits per heavy atom. The van der Waals surface area contributed by atoms with Crippen LogP contribution in [0.15, 0.2) is 22.7 Å². The van der Waals surface area contributed by atoms with Crippen LogP contribution in [0, 0.1) is 5.82 Å². The Labute approximate surface area is 114 Å². The Bertz CT molecular complexity index is 456.